The van der Waals surface area contributed by atoms with Crippen LogP contribution >= 0.6 is 0 Å². The molecule has 4 rings (SSSR count). The van der Waals surface area contributed by atoms with E-state index in [1.807, 2.05) is 0 Å². The van der Waals surface area contributed by atoms with Crippen LogP contribution in [0.4, 0.5) is 17.1 Å². The number of aromatic nitrogens is 1. The lowest BCUT2D eigenvalue weighted by Gasteiger charge is -2.27. The summed E-state index contributed by atoms with van der Waals surface area (Å²) in [6.45, 7) is 0. The van der Waals surface area contributed by atoms with E-state index in [0.29, 0.717) is 59.6 Å². The molecule has 29 heavy (non-hydrogen) atoms. The number of H-pyrrole nitrogens is 1. The first-order chi connectivity index (χ1) is 14.0. The predicted octanol–water partition coefficient (Wildman–Crippen LogP) is 3.14. The number of benzene rings is 1. The average molecular weight is 398 g/mol. The third-order valence-electron chi connectivity index (χ3n) is 5.43. The molecule has 1 aliphatic carbocycles. The second-order valence-corrected chi connectivity index (χ2v) is 7.26. The summed E-state index contributed by atoms with van der Waals surface area (Å²) < 4.78 is 5.29. The molecule has 1 aromatic carbocycles. The van der Waals surface area contributed by atoms with E-state index >= 15 is 0 Å². The van der Waals surface area contributed by atoms with Crippen LogP contribution in [0.3, 0.4) is 0 Å². The van der Waals surface area contributed by atoms with Crippen molar-refractivity contribution in [3.63, 3.8) is 0 Å². The normalized spacial score (nSPS) is 22.3. The zero-order chi connectivity index (χ0) is 20.5. The van der Waals surface area contributed by atoms with Crippen molar-refractivity contribution >= 4 is 34.6 Å². The van der Waals surface area contributed by atoms with Crippen molar-refractivity contribution in [1.29, 1.82) is 0 Å². The number of fused-ring (bicyclic) bond motifs is 1. The van der Waals surface area contributed by atoms with Crippen LogP contribution in [0.5, 0.6) is 5.75 Å². The van der Waals surface area contributed by atoms with E-state index in [1.54, 1.807) is 24.4 Å². The summed E-state index contributed by atoms with van der Waals surface area (Å²) in [5, 5.41) is 27.5. The zero-order valence-electron chi connectivity index (χ0n) is 15.9. The third kappa shape index (κ3) is 3.56. The standard InChI is InChI=1S/C20H22N4O5/c1-29-17-8-9-21-15(17)10-13-18-14(23-20(13)26)6-7-16(24(27)28)19(18)22-11-2-4-12(25)5-3-11/h6-12,21-22,25H,2-5H2,1H3,(H,23,26)/b13-10-. The fraction of sp³-hybridized carbons (Fsp3) is 0.350. The maximum absolute atomic E-state index is 12.7. The minimum atomic E-state index is -0.448. The Kier molecular flexibility index (Phi) is 4.98. The molecular weight excluding hydrogens is 376 g/mol. The molecule has 0 atom stereocenters. The molecule has 0 bridgehead atoms. The van der Waals surface area contributed by atoms with Crippen LogP contribution < -0.4 is 15.4 Å². The molecule has 2 aromatic rings. The summed E-state index contributed by atoms with van der Waals surface area (Å²) in [4.78, 5) is 26.9. The van der Waals surface area contributed by atoms with Crippen molar-refractivity contribution in [3.8, 4) is 5.75 Å². The highest BCUT2D eigenvalue weighted by Gasteiger charge is 2.33. The van der Waals surface area contributed by atoms with Gasteiger partial charge >= 0.3 is 0 Å². The van der Waals surface area contributed by atoms with Gasteiger partial charge in [0.2, 0.25) is 0 Å². The Morgan fingerprint density at radius 1 is 1.28 bits per heavy atom. The lowest BCUT2D eigenvalue weighted by Crippen LogP contribution is -2.28. The molecule has 9 heteroatoms. The minimum absolute atomic E-state index is 0.0134. The van der Waals surface area contributed by atoms with Crippen molar-refractivity contribution in [2.75, 3.05) is 17.7 Å². The van der Waals surface area contributed by atoms with Crippen molar-refractivity contribution < 1.29 is 19.6 Å². The second-order valence-electron chi connectivity index (χ2n) is 7.26. The Bertz CT molecular complexity index is 989. The summed E-state index contributed by atoms with van der Waals surface area (Å²) in [5.41, 5.74) is 2.16. The van der Waals surface area contributed by atoms with E-state index in [4.69, 9.17) is 4.74 Å². The van der Waals surface area contributed by atoms with Crippen LogP contribution in [-0.4, -0.2) is 40.2 Å². The number of aromatic amines is 1. The number of carbonyl (C=O) groups excluding carboxylic acids is 1. The van der Waals surface area contributed by atoms with Crippen molar-refractivity contribution in [2.45, 2.75) is 37.8 Å². The number of carbonyl (C=O) groups is 1. The Labute approximate surface area is 166 Å². The van der Waals surface area contributed by atoms with Crippen LogP contribution in [0.1, 0.15) is 36.9 Å². The lowest BCUT2D eigenvalue weighted by molar-refractivity contribution is -0.384. The fourth-order valence-corrected chi connectivity index (χ4v) is 3.94. The van der Waals surface area contributed by atoms with E-state index in [-0.39, 0.29) is 23.7 Å². The SMILES string of the molecule is COc1cc[nH]c1/C=C1\C(=O)Nc2ccc([N+](=O)[O-])c(NC3CCC(O)CC3)c21. The number of hydrogen-bond acceptors (Lipinski definition) is 6. The number of ether oxygens (including phenoxy) is 1. The monoisotopic (exact) mass is 398 g/mol. The van der Waals surface area contributed by atoms with Crippen molar-refractivity contribution in [3.05, 3.63) is 45.8 Å². The summed E-state index contributed by atoms with van der Waals surface area (Å²) in [6, 6.07) is 4.67. The van der Waals surface area contributed by atoms with Gasteiger partial charge in [-0.05, 0) is 43.9 Å². The van der Waals surface area contributed by atoms with Crippen LogP contribution in [0.25, 0.3) is 11.6 Å². The number of anilines is 2. The van der Waals surface area contributed by atoms with Crippen molar-refractivity contribution in [1.82, 2.24) is 4.98 Å². The maximum atomic E-state index is 12.7. The molecule has 9 nitrogen and oxygen atoms in total. The Hall–Kier alpha value is -3.33. The lowest BCUT2D eigenvalue weighted by atomic mass is 9.92. The maximum Gasteiger partial charge on any atom is 0.293 e. The number of hydrogen-bond donors (Lipinski definition) is 4. The molecule has 2 aliphatic rings. The number of rotatable bonds is 5. The number of methoxy groups -OCH3 is 1. The summed E-state index contributed by atoms with van der Waals surface area (Å²) in [7, 11) is 1.53. The highest BCUT2D eigenvalue weighted by molar-refractivity contribution is 6.36. The summed E-state index contributed by atoms with van der Waals surface area (Å²) >= 11 is 0. The molecule has 1 amide bonds. The Morgan fingerprint density at radius 2 is 2.03 bits per heavy atom. The van der Waals surface area contributed by atoms with Crippen LogP contribution in [-0.2, 0) is 4.79 Å². The first kappa shape index (κ1) is 19.0. The number of aliphatic hydroxyl groups excluding tert-OH is 1. The second kappa shape index (κ2) is 7.59. The van der Waals surface area contributed by atoms with E-state index in [2.05, 4.69) is 15.6 Å². The van der Waals surface area contributed by atoms with Gasteiger partial charge in [-0.2, -0.15) is 0 Å². The minimum Gasteiger partial charge on any atom is -0.495 e. The molecule has 1 aliphatic heterocycles. The number of nitro benzene ring substituents is 1. The molecular formula is C20H22N4O5. The van der Waals surface area contributed by atoms with Gasteiger partial charge in [0, 0.05) is 23.9 Å². The largest absolute Gasteiger partial charge is 0.495 e. The molecule has 0 saturated heterocycles. The Morgan fingerprint density at radius 3 is 2.72 bits per heavy atom. The summed E-state index contributed by atoms with van der Waals surface area (Å²) in [6.07, 6.45) is 5.68. The smallest absolute Gasteiger partial charge is 0.293 e. The van der Waals surface area contributed by atoms with Gasteiger partial charge in [-0.1, -0.05) is 0 Å². The fourth-order valence-electron chi connectivity index (χ4n) is 3.94. The molecule has 4 N–H and O–H groups in total. The van der Waals surface area contributed by atoms with Crippen LogP contribution in [0.2, 0.25) is 0 Å². The summed E-state index contributed by atoms with van der Waals surface area (Å²) in [5.74, 6) is 0.235. The average Bonchev–Trinajstić information content (AvgIpc) is 3.28. The van der Waals surface area contributed by atoms with E-state index in [9.17, 15) is 20.0 Å². The van der Waals surface area contributed by atoms with Gasteiger partial charge < -0.3 is 25.5 Å². The highest BCUT2D eigenvalue weighted by Crippen LogP contribution is 2.44. The van der Waals surface area contributed by atoms with Gasteiger partial charge in [0.1, 0.15) is 11.4 Å². The molecule has 1 saturated carbocycles. The highest BCUT2D eigenvalue weighted by atomic mass is 16.6. The number of aliphatic hydroxyl groups is 1. The first-order valence-corrected chi connectivity index (χ1v) is 9.48. The van der Waals surface area contributed by atoms with Gasteiger partial charge in [-0.25, -0.2) is 0 Å². The van der Waals surface area contributed by atoms with Gasteiger partial charge in [0.15, 0.2) is 0 Å². The molecule has 1 aromatic heterocycles. The van der Waals surface area contributed by atoms with E-state index in [1.165, 1.54) is 13.2 Å². The number of nitrogens with zero attached hydrogens (tertiary/aromatic N) is 1. The molecule has 0 spiro atoms. The van der Waals surface area contributed by atoms with Gasteiger partial charge in [-0.15, -0.1) is 0 Å². The molecule has 0 radical (unpaired) electrons. The van der Waals surface area contributed by atoms with E-state index in [0.717, 1.165) is 0 Å². The van der Waals surface area contributed by atoms with Gasteiger partial charge in [0.25, 0.3) is 11.6 Å². The number of amides is 1. The molecule has 0 unspecified atom stereocenters. The zero-order valence-corrected chi connectivity index (χ0v) is 15.9. The van der Waals surface area contributed by atoms with Crippen LogP contribution in [0, 0.1) is 10.1 Å². The molecule has 152 valence electrons. The van der Waals surface area contributed by atoms with Crippen molar-refractivity contribution in [2.24, 2.45) is 0 Å². The Balaban J connectivity index is 1.80. The molecule has 2 heterocycles. The topological polar surface area (TPSA) is 130 Å². The van der Waals surface area contributed by atoms with Crippen LogP contribution in [0.15, 0.2) is 24.4 Å². The number of nitro groups is 1. The predicted molar refractivity (Wildman–Crippen MR) is 109 cm³/mol. The first-order valence-electron chi connectivity index (χ1n) is 9.48. The quantitative estimate of drug-likeness (QED) is 0.348. The molecule has 1 fully saturated rings. The third-order valence-corrected chi connectivity index (χ3v) is 5.43. The number of nitrogens with one attached hydrogen (secondary N) is 3. The van der Waals surface area contributed by atoms with Gasteiger partial charge in [-0.3, -0.25) is 14.9 Å². The van der Waals surface area contributed by atoms with E-state index < -0.39 is 4.92 Å². The van der Waals surface area contributed by atoms with Gasteiger partial charge in [0.05, 0.1) is 35.1 Å².